The Morgan fingerprint density at radius 1 is 1.54 bits per heavy atom. The number of hydrogen-bond donors (Lipinski definition) is 2. The van der Waals surface area contributed by atoms with Gasteiger partial charge in [-0.05, 0) is 53.2 Å². The van der Waals surface area contributed by atoms with E-state index >= 15 is 0 Å². The summed E-state index contributed by atoms with van der Waals surface area (Å²) >= 11 is 3.58. The molecular formula is C16H20BrN5O2. The number of nitrogens with two attached hydrogens (primary N) is 2. The van der Waals surface area contributed by atoms with Crippen LogP contribution >= 0.6 is 15.9 Å². The predicted octanol–water partition coefficient (Wildman–Crippen LogP) is 2.01. The van der Waals surface area contributed by atoms with E-state index in [0.717, 1.165) is 15.8 Å². The van der Waals surface area contributed by atoms with Gasteiger partial charge >= 0.3 is 5.97 Å². The van der Waals surface area contributed by atoms with E-state index in [4.69, 9.17) is 16.3 Å². The van der Waals surface area contributed by atoms with Gasteiger partial charge in [0.15, 0.2) is 5.65 Å². The molecule has 2 aromatic heterocycles. The molecule has 0 saturated heterocycles. The first-order valence-electron chi connectivity index (χ1n) is 7.80. The van der Waals surface area contributed by atoms with Crippen molar-refractivity contribution in [2.45, 2.75) is 32.2 Å². The van der Waals surface area contributed by atoms with E-state index in [0.29, 0.717) is 12.5 Å². The number of fused-ring (bicyclic) bond motifs is 1. The number of aromatic nitrogens is 2. The second-order valence-corrected chi connectivity index (χ2v) is 6.69. The lowest BCUT2D eigenvalue weighted by Crippen LogP contribution is -2.28. The van der Waals surface area contributed by atoms with Crippen LogP contribution in [0, 0.1) is 0 Å². The van der Waals surface area contributed by atoms with Crippen LogP contribution in [-0.2, 0) is 16.1 Å². The predicted molar refractivity (Wildman–Crippen MR) is 93.5 cm³/mol. The highest BCUT2D eigenvalue weighted by molar-refractivity contribution is 9.10. The van der Waals surface area contributed by atoms with Gasteiger partial charge in [-0.1, -0.05) is 0 Å². The van der Waals surface area contributed by atoms with E-state index in [2.05, 4.69) is 33.2 Å². The molecule has 0 aliphatic heterocycles. The summed E-state index contributed by atoms with van der Waals surface area (Å²) in [7, 11) is 0. The zero-order valence-corrected chi connectivity index (χ0v) is 15.0. The summed E-state index contributed by atoms with van der Waals surface area (Å²) in [5.74, 6) is 5.98. The summed E-state index contributed by atoms with van der Waals surface area (Å²) in [6.45, 7) is 2.31. The monoisotopic (exact) mass is 393 g/mol. The standard InChI is InChI=1S/C16H20BrN5O2/c1-2-24-16(23)14(18)9-22(19)8-12-7-21-6-11(10-3-4-10)5-13(17)15(21)20-12/h5-7,9-10H,2-4,8,18-19H2,1H3/b14-9-. The first-order valence-corrected chi connectivity index (χ1v) is 8.60. The number of carbonyl (C=O) groups is 1. The smallest absolute Gasteiger partial charge is 0.355 e. The maximum atomic E-state index is 11.5. The zero-order valence-electron chi connectivity index (χ0n) is 13.4. The van der Waals surface area contributed by atoms with Gasteiger partial charge in [0.2, 0.25) is 0 Å². The third-order valence-corrected chi connectivity index (χ3v) is 4.37. The minimum absolute atomic E-state index is 0.0414. The highest BCUT2D eigenvalue weighted by atomic mass is 79.9. The number of nitrogens with zero attached hydrogens (tertiary/aromatic N) is 3. The van der Waals surface area contributed by atoms with Gasteiger partial charge in [0, 0.05) is 18.6 Å². The van der Waals surface area contributed by atoms with Crippen LogP contribution < -0.4 is 11.6 Å². The van der Waals surface area contributed by atoms with Crippen molar-refractivity contribution in [1.29, 1.82) is 0 Å². The number of ether oxygens (including phenoxy) is 1. The van der Waals surface area contributed by atoms with Gasteiger partial charge in [-0.2, -0.15) is 0 Å². The highest BCUT2D eigenvalue weighted by Crippen LogP contribution is 2.41. The summed E-state index contributed by atoms with van der Waals surface area (Å²) in [5, 5.41) is 1.32. The highest BCUT2D eigenvalue weighted by Gasteiger charge is 2.24. The van der Waals surface area contributed by atoms with E-state index in [9.17, 15) is 4.79 Å². The van der Waals surface area contributed by atoms with Crippen molar-refractivity contribution >= 4 is 27.5 Å². The minimum Gasteiger partial charge on any atom is -0.461 e. The molecule has 1 aliphatic carbocycles. The molecule has 128 valence electrons. The second kappa shape index (κ2) is 6.82. The van der Waals surface area contributed by atoms with Crippen LogP contribution in [0.4, 0.5) is 0 Å². The Labute approximate surface area is 148 Å². The van der Waals surface area contributed by atoms with Crippen LogP contribution in [-0.4, -0.2) is 27.0 Å². The van der Waals surface area contributed by atoms with Crippen molar-refractivity contribution in [3.63, 3.8) is 0 Å². The number of carbonyl (C=O) groups excluding carboxylic acids is 1. The molecule has 24 heavy (non-hydrogen) atoms. The van der Waals surface area contributed by atoms with Gasteiger partial charge in [-0.3, -0.25) is 0 Å². The third-order valence-electron chi connectivity index (χ3n) is 3.79. The number of esters is 1. The summed E-state index contributed by atoms with van der Waals surface area (Å²) < 4.78 is 7.78. The SMILES string of the molecule is CCOC(=O)/C(N)=C/N(N)Cc1cn2cc(C3CC3)cc(Br)c2n1. The molecular weight excluding hydrogens is 374 g/mol. The van der Waals surface area contributed by atoms with Crippen LogP contribution in [0.5, 0.6) is 0 Å². The molecule has 0 amide bonds. The molecule has 0 aromatic carbocycles. The molecule has 0 radical (unpaired) electrons. The average molecular weight is 394 g/mol. The molecule has 0 bridgehead atoms. The number of halogens is 1. The Morgan fingerprint density at radius 2 is 2.29 bits per heavy atom. The Bertz CT molecular complexity index is 797. The lowest BCUT2D eigenvalue weighted by Gasteiger charge is -2.12. The van der Waals surface area contributed by atoms with E-state index in [1.807, 2.05) is 10.6 Å². The van der Waals surface area contributed by atoms with E-state index in [1.165, 1.54) is 29.6 Å². The van der Waals surface area contributed by atoms with Crippen LogP contribution in [0.25, 0.3) is 5.65 Å². The molecule has 3 rings (SSSR count). The quantitative estimate of drug-likeness (QED) is 0.337. The Kier molecular flexibility index (Phi) is 4.77. The molecule has 0 unspecified atom stereocenters. The number of rotatable bonds is 6. The number of imidazole rings is 1. The molecule has 2 heterocycles. The van der Waals surface area contributed by atoms with Gasteiger partial charge < -0.3 is 19.9 Å². The fourth-order valence-electron chi connectivity index (χ4n) is 2.52. The topological polar surface area (TPSA) is 98.9 Å². The van der Waals surface area contributed by atoms with Gasteiger partial charge in [-0.15, -0.1) is 0 Å². The van der Waals surface area contributed by atoms with Gasteiger partial charge in [0.05, 0.1) is 23.3 Å². The minimum atomic E-state index is -0.584. The molecule has 0 spiro atoms. The molecule has 7 nitrogen and oxygen atoms in total. The fourth-order valence-corrected chi connectivity index (χ4v) is 3.08. The van der Waals surface area contributed by atoms with Gasteiger partial charge in [0.1, 0.15) is 5.70 Å². The number of hydrazine groups is 1. The molecule has 1 saturated carbocycles. The van der Waals surface area contributed by atoms with Crippen molar-refractivity contribution in [2.24, 2.45) is 11.6 Å². The van der Waals surface area contributed by atoms with Crippen molar-refractivity contribution in [2.75, 3.05) is 6.61 Å². The van der Waals surface area contributed by atoms with Gasteiger partial charge in [-0.25, -0.2) is 15.6 Å². The second-order valence-electron chi connectivity index (χ2n) is 5.84. The van der Waals surface area contributed by atoms with Crippen molar-refractivity contribution in [1.82, 2.24) is 14.4 Å². The fraction of sp³-hybridized carbons (Fsp3) is 0.375. The Morgan fingerprint density at radius 3 is 2.96 bits per heavy atom. The van der Waals surface area contributed by atoms with E-state index < -0.39 is 5.97 Å². The van der Waals surface area contributed by atoms with Crippen molar-refractivity contribution in [3.8, 4) is 0 Å². The number of pyridine rings is 1. The molecule has 0 atom stereocenters. The van der Waals surface area contributed by atoms with Crippen LogP contribution in [0.15, 0.2) is 34.8 Å². The largest absolute Gasteiger partial charge is 0.461 e. The van der Waals surface area contributed by atoms with Crippen LogP contribution in [0.1, 0.15) is 36.9 Å². The van der Waals surface area contributed by atoms with Crippen molar-refractivity contribution < 1.29 is 9.53 Å². The van der Waals surface area contributed by atoms with Crippen LogP contribution in [0.2, 0.25) is 0 Å². The lowest BCUT2D eigenvalue weighted by molar-refractivity contribution is -0.138. The molecule has 8 heteroatoms. The summed E-state index contributed by atoms with van der Waals surface area (Å²) in [5.41, 5.74) is 8.54. The summed E-state index contributed by atoms with van der Waals surface area (Å²) in [6.07, 6.45) is 7.88. The summed E-state index contributed by atoms with van der Waals surface area (Å²) in [6, 6.07) is 2.13. The maximum Gasteiger partial charge on any atom is 0.355 e. The third kappa shape index (κ3) is 3.70. The first kappa shape index (κ1) is 16.8. The van der Waals surface area contributed by atoms with Crippen LogP contribution in [0.3, 0.4) is 0 Å². The Balaban J connectivity index is 1.76. The Hall–Kier alpha value is -2.06. The molecule has 4 N–H and O–H groups in total. The molecule has 1 fully saturated rings. The molecule has 1 aliphatic rings. The van der Waals surface area contributed by atoms with E-state index in [1.54, 1.807) is 6.92 Å². The number of hydrogen-bond acceptors (Lipinski definition) is 6. The van der Waals surface area contributed by atoms with Crippen molar-refractivity contribution in [3.05, 3.63) is 46.1 Å². The van der Waals surface area contributed by atoms with E-state index in [-0.39, 0.29) is 12.3 Å². The zero-order chi connectivity index (χ0) is 17.3. The molecule has 2 aromatic rings. The lowest BCUT2D eigenvalue weighted by atomic mass is 10.2. The van der Waals surface area contributed by atoms with Gasteiger partial charge in [0.25, 0.3) is 0 Å². The summed E-state index contributed by atoms with van der Waals surface area (Å²) in [4.78, 5) is 16.1. The maximum absolute atomic E-state index is 11.5. The first-order chi connectivity index (χ1) is 11.5. The normalized spacial score (nSPS) is 14.9. The average Bonchev–Trinajstić information content (AvgIpc) is 3.28.